The minimum absolute atomic E-state index is 0.0839. The van der Waals surface area contributed by atoms with E-state index in [0.717, 1.165) is 4.88 Å². The van der Waals surface area contributed by atoms with Crippen molar-refractivity contribution in [1.29, 1.82) is 0 Å². The van der Waals surface area contributed by atoms with Gasteiger partial charge in [-0.2, -0.15) is 15.0 Å². The minimum atomic E-state index is -0.0839. The number of aromatic nitrogens is 4. The lowest BCUT2D eigenvalue weighted by atomic mass is 10.2. The van der Waals surface area contributed by atoms with Crippen LogP contribution in [0, 0.1) is 0 Å². The molecule has 2 aromatic heterocycles. The zero-order valence-corrected chi connectivity index (χ0v) is 19.2. The van der Waals surface area contributed by atoms with Gasteiger partial charge in [-0.1, -0.05) is 11.3 Å². The van der Waals surface area contributed by atoms with Crippen molar-refractivity contribution in [1.82, 2.24) is 24.8 Å². The van der Waals surface area contributed by atoms with E-state index in [1.165, 1.54) is 16.2 Å². The second-order valence-electron chi connectivity index (χ2n) is 7.77. The van der Waals surface area contributed by atoms with Gasteiger partial charge in [0, 0.05) is 19.7 Å². The molecule has 1 amide bonds. The normalized spacial score (nSPS) is 18.4. The first-order chi connectivity index (χ1) is 15.3. The van der Waals surface area contributed by atoms with Crippen LogP contribution in [0.4, 0.5) is 11.1 Å². The number of nitrogens with zero attached hydrogens (tertiary/aromatic N) is 6. The smallest absolute Gasteiger partial charge is 0.327 e. The number of ether oxygens (including phenoxy) is 2. The Balaban J connectivity index is 1.68. The molecule has 3 heterocycles. The summed E-state index contributed by atoms with van der Waals surface area (Å²) in [4.78, 5) is 34.3. The molecule has 1 saturated heterocycles. The van der Waals surface area contributed by atoms with Crippen LogP contribution in [0.25, 0.3) is 10.7 Å². The second-order valence-corrected chi connectivity index (χ2v) is 8.84. The molecule has 0 saturated carbocycles. The molecule has 10 nitrogen and oxygen atoms in total. The molecule has 1 fully saturated rings. The van der Waals surface area contributed by atoms with E-state index in [2.05, 4.69) is 38.7 Å². The molecule has 0 spiro atoms. The van der Waals surface area contributed by atoms with E-state index in [-0.39, 0.29) is 24.0 Å². The fourth-order valence-corrected chi connectivity index (χ4v) is 4.05. The van der Waals surface area contributed by atoms with Crippen molar-refractivity contribution < 1.29 is 14.3 Å². The molecule has 0 unspecified atom stereocenters. The lowest BCUT2D eigenvalue weighted by Gasteiger charge is -2.38. The third-order valence-corrected chi connectivity index (χ3v) is 5.78. The molecule has 4 rings (SSSR count). The molecule has 1 aromatic carbocycles. The number of benzene rings is 1. The van der Waals surface area contributed by atoms with Gasteiger partial charge < -0.3 is 25.0 Å². The number of amides is 1. The summed E-state index contributed by atoms with van der Waals surface area (Å²) in [5.74, 6) is 1.36. The van der Waals surface area contributed by atoms with E-state index in [0.29, 0.717) is 41.4 Å². The predicted octanol–water partition coefficient (Wildman–Crippen LogP) is 2.68. The van der Waals surface area contributed by atoms with Crippen LogP contribution < -0.4 is 15.4 Å². The number of morpholine rings is 1. The van der Waals surface area contributed by atoms with Gasteiger partial charge in [-0.25, -0.2) is 4.98 Å². The van der Waals surface area contributed by atoms with Crippen LogP contribution in [0.5, 0.6) is 11.8 Å². The number of hydrogen-bond acceptors (Lipinski definition) is 10. The van der Waals surface area contributed by atoms with E-state index >= 15 is 0 Å². The minimum Gasteiger partial charge on any atom is -0.424 e. The lowest BCUT2D eigenvalue weighted by Crippen LogP contribution is -2.50. The molecular formula is C21H25N7O3S. The average molecular weight is 456 g/mol. The Morgan fingerprint density at radius 2 is 1.84 bits per heavy atom. The van der Waals surface area contributed by atoms with Crippen LogP contribution >= 0.6 is 11.3 Å². The highest BCUT2D eigenvalue weighted by atomic mass is 32.1. The molecule has 168 valence electrons. The van der Waals surface area contributed by atoms with Gasteiger partial charge in [0.2, 0.25) is 5.95 Å². The van der Waals surface area contributed by atoms with Crippen LogP contribution in [-0.4, -0.2) is 70.1 Å². The largest absolute Gasteiger partial charge is 0.424 e. The Morgan fingerprint density at radius 3 is 2.44 bits per heavy atom. The van der Waals surface area contributed by atoms with Crippen molar-refractivity contribution in [3.63, 3.8) is 0 Å². The van der Waals surface area contributed by atoms with Crippen molar-refractivity contribution in [2.75, 3.05) is 37.9 Å². The number of nitrogens with two attached hydrogens (primary N) is 1. The van der Waals surface area contributed by atoms with Gasteiger partial charge >= 0.3 is 6.01 Å². The maximum Gasteiger partial charge on any atom is 0.327 e. The number of carbonyl (C=O) groups is 1. The number of hydrogen-bond donors (Lipinski definition) is 1. The van der Waals surface area contributed by atoms with E-state index in [1.54, 1.807) is 44.6 Å². The fraction of sp³-hybridized carbons (Fsp3) is 0.381. The van der Waals surface area contributed by atoms with Crippen molar-refractivity contribution in [2.45, 2.75) is 25.9 Å². The number of anilines is 2. The zero-order valence-electron chi connectivity index (χ0n) is 18.3. The Labute approximate surface area is 190 Å². The second kappa shape index (κ2) is 9.05. The van der Waals surface area contributed by atoms with E-state index < -0.39 is 0 Å². The van der Waals surface area contributed by atoms with Crippen molar-refractivity contribution >= 4 is 28.3 Å². The molecule has 0 aliphatic carbocycles. The Bertz CT molecular complexity index is 1090. The molecule has 1 aliphatic rings. The van der Waals surface area contributed by atoms with Crippen molar-refractivity contribution in [3.8, 4) is 22.5 Å². The van der Waals surface area contributed by atoms with E-state index in [4.69, 9.17) is 15.2 Å². The topological polar surface area (TPSA) is 120 Å². The van der Waals surface area contributed by atoms with Crippen LogP contribution in [-0.2, 0) is 4.74 Å². The van der Waals surface area contributed by atoms with Gasteiger partial charge in [0.05, 0.1) is 36.4 Å². The number of carbonyl (C=O) groups excluding carboxylic acids is 1. The summed E-state index contributed by atoms with van der Waals surface area (Å²) >= 11 is 1.29. The van der Waals surface area contributed by atoms with Gasteiger partial charge in [-0.3, -0.25) is 4.79 Å². The van der Waals surface area contributed by atoms with Crippen molar-refractivity contribution in [3.05, 3.63) is 36.0 Å². The molecule has 1 aliphatic heterocycles. The predicted molar refractivity (Wildman–Crippen MR) is 122 cm³/mol. The molecule has 11 heteroatoms. The number of thiazole rings is 1. The molecule has 0 bridgehead atoms. The number of rotatable bonds is 5. The summed E-state index contributed by atoms with van der Waals surface area (Å²) in [5, 5.41) is 0.429. The van der Waals surface area contributed by atoms with Gasteiger partial charge in [0.15, 0.2) is 11.0 Å². The maximum absolute atomic E-state index is 12.1. The summed E-state index contributed by atoms with van der Waals surface area (Å²) in [5.41, 5.74) is 6.37. The van der Waals surface area contributed by atoms with Gasteiger partial charge in [0.25, 0.3) is 5.91 Å². The van der Waals surface area contributed by atoms with Gasteiger partial charge in [0.1, 0.15) is 5.75 Å². The van der Waals surface area contributed by atoms with E-state index in [1.807, 2.05) is 0 Å². The molecule has 32 heavy (non-hydrogen) atoms. The zero-order chi connectivity index (χ0) is 22.8. The highest BCUT2D eigenvalue weighted by Crippen LogP contribution is 2.30. The Kier molecular flexibility index (Phi) is 6.19. The molecule has 3 aromatic rings. The summed E-state index contributed by atoms with van der Waals surface area (Å²) in [7, 11) is 3.42. The van der Waals surface area contributed by atoms with E-state index in [9.17, 15) is 4.79 Å². The Hall–Kier alpha value is -3.31. The molecule has 0 radical (unpaired) electrons. The highest BCUT2D eigenvalue weighted by Gasteiger charge is 2.29. The summed E-state index contributed by atoms with van der Waals surface area (Å²) in [6, 6.07) is 7.16. The third-order valence-electron chi connectivity index (χ3n) is 4.96. The monoisotopic (exact) mass is 455 g/mol. The molecular weight excluding hydrogens is 430 g/mol. The number of nitrogen functional groups attached to an aromatic ring is 1. The first kappa shape index (κ1) is 21.9. The van der Waals surface area contributed by atoms with Crippen LogP contribution in [0.15, 0.2) is 30.5 Å². The SMILES string of the molecule is C[C@@H]1COC[C@H](C)N1c1nc(Oc2ccc(C(=O)N(C)C)cc2)nc(-c2cnc(N)s2)n1. The van der Waals surface area contributed by atoms with Crippen LogP contribution in [0.3, 0.4) is 0 Å². The fourth-order valence-electron chi connectivity index (χ4n) is 3.44. The van der Waals surface area contributed by atoms with Gasteiger partial charge in [-0.05, 0) is 38.1 Å². The first-order valence-electron chi connectivity index (χ1n) is 10.1. The average Bonchev–Trinajstić information content (AvgIpc) is 3.20. The summed E-state index contributed by atoms with van der Waals surface area (Å²) in [6.45, 7) is 5.28. The van der Waals surface area contributed by atoms with Crippen LogP contribution in [0.1, 0.15) is 24.2 Å². The Morgan fingerprint density at radius 1 is 1.16 bits per heavy atom. The molecule has 2 N–H and O–H groups in total. The lowest BCUT2D eigenvalue weighted by molar-refractivity contribution is 0.0746. The van der Waals surface area contributed by atoms with Gasteiger partial charge in [-0.15, -0.1) is 0 Å². The summed E-state index contributed by atoms with van der Waals surface area (Å²) < 4.78 is 11.6. The summed E-state index contributed by atoms with van der Waals surface area (Å²) in [6.07, 6.45) is 1.64. The van der Waals surface area contributed by atoms with Crippen molar-refractivity contribution in [2.24, 2.45) is 0 Å². The molecule has 2 atom stereocenters. The maximum atomic E-state index is 12.1. The quantitative estimate of drug-likeness (QED) is 0.619. The standard InChI is InChI=1S/C21H25N7O3S/c1-12-10-30-11-13(2)28(12)20-24-17(16-9-23-19(22)32-16)25-21(26-20)31-15-7-5-14(6-8-15)18(29)27(3)4/h5-9,12-13H,10-11H2,1-4H3,(H2,22,23)/t12-,13+. The highest BCUT2D eigenvalue weighted by molar-refractivity contribution is 7.18. The first-order valence-corrected chi connectivity index (χ1v) is 11.0. The van der Waals surface area contributed by atoms with Crippen LogP contribution in [0.2, 0.25) is 0 Å². The third kappa shape index (κ3) is 4.63.